The van der Waals surface area contributed by atoms with Gasteiger partial charge in [0.15, 0.2) is 0 Å². The van der Waals surface area contributed by atoms with Crippen LogP contribution in [-0.4, -0.2) is 36.0 Å². The van der Waals surface area contributed by atoms with Gasteiger partial charge in [-0.3, -0.25) is 14.5 Å². The summed E-state index contributed by atoms with van der Waals surface area (Å²) in [5.41, 5.74) is 1.54. The number of halogens is 1. The minimum absolute atomic E-state index is 0.0597. The van der Waals surface area contributed by atoms with E-state index >= 15 is 0 Å². The lowest BCUT2D eigenvalue weighted by molar-refractivity contribution is -0.132. The number of amides is 1. The van der Waals surface area contributed by atoms with Gasteiger partial charge in [0, 0.05) is 22.3 Å². The van der Waals surface area contributed by atoms with Crippen LogP contribution in [0.3, 0.4) is 0 Å². The van der Waals surface area contributed by atoms with Crippen LogP contribution < -0.4 is 19.1 Å². The Morgan fingerprint density at radius 1 is 0.925 bits per heavy atom. The number of ketones is 1. The van der Waals surface area contributed by atoms with Crippen molar-refractivity contribution in [2.45, 2.75) is 12.6 Å². The van der Waals surface area contributed by atoms with E-state index in [0.29, 0.717) is 39.0 Å². The average molecular weight is 557 g/mol. The fourth-order valence-electron chi connectivity index (χ4n) is 4.56. The molecule has 2 heterocycles. The molecule has 0 saturated carbocycles. The van der Waals surface area contributed by atoms with Gasteiger partial charge in [-0.25, -0.2) is 4.98 Å². The van der Waals surface area contributed by atoms with Gasteiger partial charge < -0.3 is 19.3 Å². The zero-order chi connectivity index (χ0) is 28.2. The van der Waals surface area contributed by atoms with Gasteiger partial charge in [-0.1, -0.05) is 23.7 Å². The second-order valence-corrected chi connectivity index (χ2v) is 9.34. The summed E-state index contributed by atoms with van der Waals surface area (Å²) in [4.78, 5) is 32.4. The quantitative estimate of drug-likeness (QED) is 0.162. The molecule has 0 radical (unpaired) electrons. The molecular formula is C31H25ClN2O6. The molecule has 0 bridgehead atoms. The Labute approximate surface area is 236 Å². The number of rotatable bonds is 8. The number of benzene rings is 3. The first-order chi connectivity index (χ1) is 19.4. The van der Waals surface area contributed by atoms with Crippen LogP contribution in [0, 0.1) is 0 Å². The lowest BCUT2D eigenvalue weighted by Gasteiger charge is -2.25. The smallest absolute Gasteiger partial charge is 0.301 e. The third-order valence-corrected chi connectivity index (χ3v) is 6.78. The Balaban J connectivity index is 1.62. The molecule has 1 N–H and O–H groups in total. The lowest BCUT2D eigenvalue weighted by atomic mass is 9.94. The number of carbonyl (C=O) groups excluding carboxylic acids is 2. The van der Waals surface area contributed by atoms with Crippen molar-refractivity contribution in [3.63, 3.8) is 0 Å². The first kappa shape index (κ1) is 26.8. The summed E-state index contributed by atoms with van der Waals surface area (Å²) in [5, 5.41) is 12.0. The number of hydrogen-bond acceptors (Lipinski definition) is 7. The largest absolute Gasteiger partial charge is 0.507 e. The van der Waals surface area contributed by atoms with Gasteiger partial charge in [0.25, 0.3) is 5.78 Å². The zero-order valence-electron chi connectivity index (χ0n) is 21.7. The van der Waals surface area contributed by atoms with Crippen LogP contribution in [0.1, 0.15) is 22.7 Å². The van der Waals surface area contributed by atoms with Crippen molar-refractivity contribution in [3.05, 3.63) is 118 Å². The predicted octanol–water partition coefficient (Wildman–Crippen LogP) is 5.96. The van der Waals surface area contributed by atoms with Crippen molar-refractivity contribution in [1.29, 1.82) is 0 Å². The lowest BCUT2D eigenvalue weighted by Crippen LogP contribution is -2.30. The van der Waals surface area contributed by atoms with Crippen LogP contribution >= 0.6 is 11.6 Å². The summed E-state index contributed by atoms with van der Waals surface area (Å²) >= 11 is 5.98. The topological polar surface area (TPSA) is 98.2 Å². The first-order valence-electron chi connectivity index (χ1n) is 12.3. The van der Waals surface area contributed by atoms with Crippen molar-refractivity contribution >= 4 is 34.9 Å². The van der Waals surface area contributed by atoms with Crippen LogP contribution in [0.2, 0.25) is 5.02 Å². The minimum Gasteiger partial charge on any atom is -0.507 e. The Kier molecular flexibility index (Phi) is 7.70. The van der Waals surface area contributed by atoms with Crippen LogP contribution in [-0.2, 0) is 16.2 Å². The number of Topliss-reactive ketones (excluding diaryl/α,β-unsaturated/α-hetero) is 1. The van der Waals surface area contributed by atoms with E-state index in [-0.39, 0.29) is 23.8 Å². The number of aromatic nitrogens is 1. The summed E-state index contributed by atoms with van der Waals surface area (Å²) in [5.74, 6) is 0.103. The molecule has 1 aromatic heterocycles. The Bertz CT molecular complexity index is 1570. The first-order valence-corrected chi connectivity index (χ1v) is 12.7. The molecule has 4 aromatic rings. The highest BCUT2D eigenvalue weighted by Crippen LogP contribution is 2.42. The molecule has 9 heteroatoms. The van der Waals surface area contributed by atoms with Crippen LogP contribution in [0.5, 0.6) is 17.2 Å². The van der Waals surface area contributed by atoms with E-state index in [1.807, 2.05) is 0 Å². The Morgan fingerprint density at radius 2 is 1.65 bits per heavy atom. The molecule has 202 valence electrons. The van der Waals surface area contributed by atoms with E-state index < -0.39 is 17.7 Å². The number of methoxy groups -OCH3 is 2. The number of ether oxygens (including phenoxy) is 3. The number of hydrogen-bond donors (Lipinski definition) is 1. The molecule has 3 aromatic carbocycles. The van der Waals surface area contributed by atoms with Crippen LogP contribution in [0.15, 0.2) is 96.7 Å². The van der Waals surface area contributed by atoms with E-state index in [9.17, 15) is 14.7 Å². The van der Waals surface area contributed by atoms with Gasteiger partial charge in [-0.05, 0) is 78.4 Å². The second kappa shape index (κ2) is 11.5. The highest BCUT2D eigenvalue weighted by atomic mass is 35.5. The van der Waals surface area contributed by atoms with E-state index in [2.05, 4.69) is 4.98 Å². The van der Waals surface area contributed by atoms with E-state index in [1.165, 1.54) is 18.2 Å². The summed E-state index contributed by atoms with van der Waals surface area (Å²) in [6.45, 7) is 0.139. The van der Waals surface area contributed by atoms with Crippen molar-refractivity contribution in [2.75, 3.05) is 19.1 Å². The summed E-state index contributed by atoms with van der Waals surface area (Å²) < 4.78 is 16.7. The monoisotopic (exact) mass is 556 g/mol. The standard InChI is InChI=1S/C31H25ClN2O6/c1-38-23-11-6-19(7-12-23)29(35)27-28(34(31(37)30(27)36)26-5-3-4-16-33-26)20-8-15-25(39-2)21(17-20)18-40-24-13-9-22(32)10-14-24/h3-17,28,35H,18H2,1-2H3/b29-27-. The molecule has 1 amide bonds. The van der Waals surface area contributed by atoms with Gasteiger partial charge in [-0.15, -0.1) is 0 Å². The molecule has 0 spiro atoms. The molecule has 1 fully saturated rings. The number of pyridine rings is 1. The van der Waals surface area contributed by atoms with E-state index in [4.69, 9.17) is 25.8 Å². The molecule has 40 heavy (non-hydrogen) atoms. The summed E-state index contributed by atoms with van der Waals surface area (Å²) in [6.07, 6.45) is 1.54. The van der Waals surface area contributed by atoms with Crippen LogP contribution in [0.25, 0.3) is 5.76 Å². The zero-order valence-corrected chi connectivity index (χ0v) is 22.5. The number of carbonyl (C=O) groups is 2. The normalized spacial score (nSPS) is 16.2. The fraction of sp³-hybridized carbons (Fsp3) is 0.129. The van der Waals surface area contributed by atoms with Gasteiger partial charge in [0.05, 0.1) is 25.8 Å². The maximum Gasteiger partial charge on any atom is 0.301 e. The van der Waals surface area contributed by atoms with E-state index in [0.717, 1.165) is 0 Å². The molecule has 5 rings (SSSR count). The molecular weight excluding hydrogens is 532 g/mol. The van der Waals surface area contributed by atoms with Crippen molar-refractivity contribution in [1.82, 2.24) is 4.98 Å². The van der Waals surface area contributed by atoms with Crippen LogP contribution in [0.4, 0.5) is 5.82 Å². The molecule has 8 nitrogen and oxygen atoms in total. The second-order valence-electron chi connectivity index (χ2n) is 8.90. The number of anilines is 1. The van der Waals surface area contributed by atoms with Crippen molar-refractivity contribution in [2.24, 2.45) is 0 Å². The predicted molar refractivity (Wildman–Crippen MR) is 151 cm³/mol. The minimum atomic E-state index is -0.961. The number of aliphatic hydroxyl groups excluding tert-OH is 1. The van der Waals surface area contributed by atoms with Gasteiger partial charge in [-0.2, -0.15) is 0 Å². The van der Waals surface area contributed by atoms with Gasteiger partial charge >= 0.3 is 5.91 Å². The molecule has 1 atom stereocenters. The maximum atomic E-state index is 13.4. The Morgan fingerprint density at radius 3 is 2.30 bits per heavy atom. The Hall–Kier alpha value is -4.82. The number of nitrogens with zero attached hydrogens (tertiary/aromatic N) is 2. The van der Waals surface area contributed by atoms with Crippen molar-refractivity contribution in [3.8, 4) is 17.2 Å². The molecule has 1 unspecified atom stereocenters. The molecule has 0 aliphatic carbocycles. The molecule has 1 aliphatic heterocycles. The third-order valence-electron chi connectivity index (χ3n) is 6.53. The third kappa shape index (κ3) is 5.21. The van der Waals surface area contributed by atoms with Crippen molar-refractivity contribution < 1.29 is 28.9 Å². The number of aliphatic hydroxyl groups is 1. The van der Waals surface area contributed by atoms with Gasteiger partial charge in [0.2, 0.25) is 0 Å². The highest BCUT2D eigenvalue weighted by molar-refractivity contribution is 6.51. The maximum absolute atomic E-state index is 13.4. The summed E-state index contributed by atoms with van der Waals surface area (Å²) in [6, 6.07) is 22.9. The average Bonchev–Trinajstić information content (AvgIpc) is 3.26. The SMILES string of the molecule is COc1ccc(/C(O)=C2/C(=O)C(=O)N(c3ccccn3)C2c2ccc(OC)c(COc3ccc(Cl)cc3)c2)cc1. The fourth-order valence-corrected chi connectivity index (χ4v) is 4.68. The highest BCUT2D eigenvalue weighted by Gasteiger charge is 2.47. The summed E-state index contributed by atoms with van der Waals surface area (Å²) in [7, 11) is 3.08. The van der Waals surface area contributed by atoms with E-state index in [1.54, 1.807) is 92.0 Å². The molecule has 1 saturated heterocycles. The molecule has 1 aliphatic rings. The van der Waals surface area contributed by atoms with Gasteiger partial charge in [0.1, 0.15) is 35.4 Å².